The van der Waals surface area contributed by atoms with Gasteiger partial charge in [0.15, 0.2) is 0 Å². The van der Waals surface area contributed by atoms with E-state index in [2.05, 4.69) is 10.6 Å². The second-order valence-electron chi connectivity index (χ2n) is 10.7. The summed E-state index contributed by atoms with van der Waals surface area (Å²) in [4.78, 5) is 29.4. The number of halogens is 1. The maximum Gasteiger partial charge on any atom is 0.359 e. The van der Waals surface area contributed by atoms with Crippen LogP contribution in [-0.4, -0.2) is 53.6 Å². The first-order chi connectivity index (χ1) is 21.8. The van der Waals surface area contributed by atoms with Gasteiger partial charge in [-0.05, 0) is 98.3 Å². The van der Waals surface area contributed by atoms with E-state index in [1.807, 2.05) is 18.2 Å². The van der Waals surface area contributed by atoms with E-state index in [1.165, 1.54) is 37.3 Å². The molecular weight excluding hydrogens is 581 g/mol. The molecule has 2 amide bonds. The third kappa shape index (κ3) is 12.8. The molecule has 0 fully saturated rings. The molecule has 10 nitrogen and oxygen atoms in total. The van der Waals surface area contributed by atoms with Crippen LogP contribution in [0, 0.1) is 5.82 Å². The topological polar surface area (TPSA) is 141 Å². The van der Waals surface area contributed by atoms with Gasteiger partial charge >= 0.3 is 12.0 Å². The number of rotatable bonds is 18. The largest absolute Gasteiger partial charge is 0.508 e. The second-order valence-corrected chi connectivity index (χ2v) is 10.7. The maximum absolute atomic E-state index is 13.3. The Morgan fingerprint density at radius 2 is 1.67 bits per heavy atom. The number of aryl methyl sites for hydroxylation is 1. The highest BCUT2D eigenvalue weighted by Gasteiger charge is 2.20. The summed E-state index contributed by atoms with van der Waals surface area (Å²) < 4.78 is 19.1. The summed E-state index contributed by atoms with van der Waals surface area (Å²) in [6.45, 7) is 3.51. The number of ether oxygens (including phenoxy) is 1. The van der Waals surface area contributed by atoms with E-state index in [9.17, 15) is 29.3 Å². The first-order valence-corrected chi connectivity index (χ1v) is 15.3. The Morgan fingerprint density at radius 1 is 0.933 bits per heavy atom. The Bertz CT molecular complexity index is 1340. The van der Waals surface area contributed by atoms with Crippen molar-refractivity contribution in [2.45, 2.75) is 64.6 Å². The monoisotopic (exact) mass is 625 g/mol. The first-order valence-electron chi connectivity index (χ1n) is 15.3. The second kappa shape index (κ2) is 19.4. The summed E-state index contributed by atoms with van der Waals surface area (Å²) in [7, 11) is 0. The number of phenols is 1. The number of amides is 2. The smallest absolute Gasteiger partial charge is 0.359 e. The van der Waals surface area contributed by atoms with Gasteiger partial charge in [-0.1, -0.05) is 31.0 Å². The van der Waals surface area contributed by atoms with Crippen molar-refractivity contribution in [1.29, 1.82) is 0 Å². The average molecular weight is 626 g/mol. The molecule has 0 aliphatic heterocycles. The van der Waals surface area contributed by atoms with Crippen LogP contribution >= 0.6 is 0 Å². The number of carbonyl (C=O) groups excluding carboxylic acids is 2. The van der Waals surface area contributed by atoms with Gasteiger partial charge in [0.1, 0.15) is 11.6 Å². The van der Waals surface area contributed by atoms with Gasteiger partial charge in [0, 0.05) is 37.9 Å². The van der Waals surface area contributed by atoms with Crippen molar-refractivity contribution in [3.63, 3.8) is 0 Å². The average Bonchev–Trinajstić information content (AvgIpc) is 3.02. The summed E-state index contributed by atoms with van der Waals surface area (Å²) in [5.41, 5.74) is 2.88. The van der Waals surface area contributed by atoms with Gasteiger partial charge in [-0.25, -0.2) is 14.0 Å². The number of hydrogen-bond donors (Lipinski definition) is 5. The van der Waals surface area contributed by atoms with Crippen molar-refractivity contribution < 1.29 is 38.9 Å². The zero-order valence-corrected chi connectivity index (χ0v) is 25.7. The number of aliphatic hydroxyl groups is 2. The Balaban J connectivity index is 1.23. The molecule has 0 saturated heterocycles. The molecule has 244 valence electrons. The van der Waals surface area contributed by atoms with Crippen LogP contribution in [-0.2, 0) is 27.4 Å². The number of carbonyl (C=O) groups is 2. The summed E-state index contributed by atoms with van der Waals surface area (Å²) >= 11 is 0. The fourth-order valence-electron chi connectivity index (χ4n) is 4.63. The molecule has 0 spiro atoms. The van der Waals surface area contributed by atoms with Crippen LogP contribution in [0.5, 0.6) is 5.75 Å². The summed E-state index contributed by atoms with van der Waals surface area (Å²) in [6, 6.07) is 16.6. The number of nitrogens with one attached hydrogen (secondary N) is 2. The summed E-state index contributed by atoms with van der Waals surface area (Å²) in [6.07, 6.45) is 6.07. The highest BCUT2D eigenvalue weighted by atomic mass is 19.1. The van der Waals surface area contributed by atoms with E-state index in [0.29, 0.717) is 36.6 Å². The molecule has 3 aromatic rings. The highest BCUT2D eigenvalue weighted by molar-refractivity contribution is 6.01. The minimum absolute atomic E-state index is 0.0224. The van der Waals surface area contributed by atoms with Crippen LogP contribution in [0.25, 0.3) is 0 Å². The fraction of sp³-hybridized carbons (Fsp3) is 0.412. The van der Waals surface area contributed by atoms with Crippen molar-refractivity contribution in [3.8, 4) is 5.75 Å². The lowest BCUT2D eigenvalue weighted by molar-refractivity contribution is -0.141. The molecule has 0 bridgehead atoms. The van der Waals surface area contributed by atoms with Gasteiger partial charge in [0.2, 0.25) is 0 Å². The fourth-order valence-corrected chi connectivity index (χ4v) is 4.63. The number of hydrogen-bond acceptors (Lipinski definition) is 8. The highest BCUT2D eigenvalue weighted by Crippen LogP contribution is 2.22. The summed E-state index contributed by atoms with van der Waals surface area (Å²) in [5.74, 6) is -1.13. The van der Waals surface area contributed by atoms with E-state index in [4.69, 9.17) is 9.57 Å². The number of anilines is 2. The molecule has 1 unspecified atom stereocenters. The number of nitrogens with zero attached hydrogens (tertiary/aromatic N) is 1. The van der Waals surface area contributed by atoms with Crippen molar-refractivity contribution in [3.05, 3.63) is 89.2 Å². The lowest BCUT2D eigenvalue weighted by Gasteiger charge is -2.21. The third-order valence-corrected chi connectivity index (χ3v) is 7.04. The Hall–Kier alpha value is -4.03. The number of hydroxylamine groups is 1. The van der Waals surface area contributed by atoms with Crippen molar-refractivity contribution in [2.75, 3.05) is 36.7 Å². The molecule has 3 rings (SSSR count). The molecule has 0 aliphatic carbocycles. The van der Waals surface area contributed by atoms with Crippen molar-refractivity contribution >= 4 is 23.4 Å². The minimum atomic E-state index is -0.701. The van der Waals surface area contributed by atoms with E-state index < -0.39 is 23.9 Å². The van der Waals surface area contributed by atoms with E-state index >= 15 is 0 Å². The lowest BCUT2D eigenvalue weighted by atomic mass is 10.1. The zero-order valence-electron chi connectivity index (χ0n) is 25.7. The maximum atomic E-state index is 13.3. The predicted octanol–water partition coefficient (Wildman–Crippen LogP) is 5.76. The minimum Gasteiger partial charge on any atom is -0.508 e. The van der Waals surface area contributed by atoms with Gasteiger partial charge in [-0.2, -0.15) is 0 Å². The molecule has 5 N–H and O–H groups in total. The van der Waals surface area contributed by atoms with Crippen LogP contribution in [0.4, 0.5) is 20.6 Å². The van der Waals surface area contributed by atoms with E-state index in [0.717, 1.165) is 62.1 Å². The summed E-state index contributed by atoms with van der Waals surface area (Å²) in [5, 5.41) is 36.0. The van der Waals surface area contributed by atoms with Crippen molar-refractivity contribution in [2.24, 2.45) is 0 Å². The lowest BCUT2D eigenvalue weighted by Crippen LogP contribution is -2.36. The molecule has 45 heavy (non-hydrogen) atoms. The molecule has 0 saturated carbocycles. The number of aromatic hydroxyl groups is 1. The number of urea groups is 1. The predicted molar refractivity (Wildman–Crippen MR) is 170 cm³/mol. The van der Waals surface area contributed by atoms with Gasteiger partial charge in [-0.15, -0.1) is 5.06 Å². The number of benzene rings is 3. The Labute approximate surface area is 263 Å². The molecule has 0 radical (unpaired) electrons. The van der Waals surface area contributed by atoms with Crippen LogP contribution in [0.1, 0.15) is 68.2 Å². The molecule has 0 heterocycles. The van der Waals surface area contributed by atoms with Gasteiger partial charge in [0.05, 0.1) is 18.4 Å². The van der Waals surface area contributed by atoms with Crippen LogP contribution < -0.4 is 15.7 Å². The normalized spacial score (nSPS) is 11.6. The standard InChI is InChI=1S/C34H44FN3O7/c1-25(40)45-38(31-15-13-29(35)14-16-31)34(43)37-30-11-8-10-26(21-30)9-4-7-20-44-19-6-3-2-5-18-36-23-33(42)27-12-17-32(41)28(22-27)24-39/h8,10-17,21-22,33,36,39,41-42H,2-7,9,18-20,23-24H2,1H3,(H,37,43). The molecule has 1 atom stereocenters. The first kappa shape index (κ1) is 35.4. The quantitative estimate of drug-likeness (QED) is 0.0888. The van der Waals surface area contributed by atoms with Crippen LogP contribution in [0.2, 0.25) is 0 Å². The van der Waals surface area contributed by atoms with E-state index in [1.54, 1.807) is 18.2 Å². The Morgan fingerprint density at radius 3 is 2.40 bits per heavy atom. The zero-order chi connectivity index (χ0) is 32.4. The number of aliphatic hydroxyl groups excluding tert-OH is 2. The number of unbranched alkanes of at least 4 members (excludes halogenated alkanes) is 4. The van der Waals surface area contributed by atoms with Crippen LogP contribution in [0.3, 0.4) is 0 Å². The van der Waals surface area contributed by atoms with Gasteiger partial charge < -0.3 is 35.5 Å². The van der Waals surface area contributed by atoms with Gasteiger partial charge in [0.25, 0.3) is 0 Å². The molecule has 0 aromatic heterocycles. The molecular formula is C34H44FN3O7. The Kier molecular flexibility index (Phi) is 15.3. The van der Waals surface area contributed by atoms with E-state index in [-0.39, 0.29) is 18.0 Å². The van der Waals surface area contributed by atoms with Gasteiger partial charge in [-0.3, -0.25) is 0 Å². The molecule has 3 aromatic carbocycles. The van der Waals surface area contributed by atoms with Crippen LogP contribution in [0.15, 0.2) is 66.7 Å². The SMILES string of the molecule is CC(=O)ON(C(=O)Nc1cccc(CCCCOCCCCCCNCC(O)c2ccc(O)c(CO)c2)c1)c1ccc(F)cc1. The molecule has 11 heteroatoms. The van der Waals surface area contributed by atoms with Crippen molar-refractivity contribution in [1.82, 2.24) is 5.32 Å². The third-order valence-electron chi connectivity index (χ3n) is 7.04. The molecule has 0 aliphatic rings.